The van der Waals surface area contributed by atoms with Gasteiger partial charge in [0.1, 0.15) is 0 Å². The Morgan fingerprint density at radius 1 is 1.19 bits per heavy atom. The van der Waals surface area contributed by atoms with Crippen molar-refractivity contribution in [2.75, 3.05) is 6.79 Å². The first-order valence-electron chi connectivity index (χ1n) is 8.15. The van der Waals surface area contributed by atoms with Gasteiger partial charge in [0.15, 0.2) is 11.5 Å². The number of fused-ring (bicyclic) bond motifs is 1. The number of rotatable bonds is 5. The summed E-state index contributed by atoms with van der Waals surface area (Å²) in [7, 11) is 0. The molecule has 1 aliphatic rings. The van der Waals surface area contributed by atoms with Crippen LogP contribution in [0.25, 0.3) is 0 Å². The van der Waals surface area contributed by atoms with Gasteiger partial charge in [0, 0.05) is 9.50 Å². The highest BCUT2D eigenvalue weighted by Crippen LogP contribution is 2.44. The van der Waals surface area contributed by atoms with E-state index in [2.05, 4.69) is 20.7 Å². The third-order valence-electron chi connectivity index (χ3n) is 4.15. The fraction of sp³-hybridized carbons (Fsp3) is 0.316. The minimum Gasteiger partial charge on any atom is -0.454 e. The fourth-order valence-electron chi connectivity index (χ4n) is 2.85. The van der Waals surface area contributed by atoms with E-state index in [4.69, 9.17) is 21.1 Å². The van der Waals surface area contributed by atoms with Gasteiger partial charge in [-0.25, -0.2) is 0 Å². The summed E-state index contributed by atoms with van der Waals surface area (Å²) in [6, 6.07) is 8.93. The second kappa shape index (κ2) is 7.64. The van der Waals surface area contributed by atoms with Gasteiger partial charge in [0.25, 0.3) is 0 Å². The van der Waals surface area contributed by atoms with E-state index < -0.39 is 23.6 Å². The van der Waals surface area contributed by atoms with Gasteiger partial charge < -0.3 is 14.2 Å². The molecule has 0 fully saturated rings. The Morgan fingerprint density at radius 3 is 2.37 bits per heavy atom. The number of benzene rings is 2. The van der Waals surface area contributed by atoms with Crippen LogP contribution in [0, 0.1) is 5.92 Å². The number of carbonyl (C=O) groups is 1. The Bertz CT molecular complexity index is 856. The normalized spacial score (nSPS) is 14.3. The maximum atomic E-state index is 14.7. The van der Waals surface area contributed by atoms with Gasteiger partial charge >= 0.3 is 12.1 Å². The molecule has 2 aromatic rings. The van der Waals surface area contributed by atoms with Crippen molar-refractivity contribution in [2.45, 2.75) is 25.9 Å². The van der Waals surface area contributed by atoms with E-state index in [9.17, 15) is 13.6 Å². The van der Waals surface area contributed by atoms with Gasteiger partial charge in [0.2, 0.25) is 6.79 Å². The van der Waals surface area contributed by atoms with Crippen LogP contribution >= 0.6 is 27.5 Å². The molecule has 0 aromatic heterocycles. The number of ether oxygens (including phenoxy) is 3. The molecular weight excluding hydrogens is 446 g/mol. The van der Waals surface area contributed by atoms with E-state index in [1.165, 1.54) is 6.07 Å². The highest BCUT2D eigenvalue weighted by atomic mass is 79.9. The molecule has 0 spiro atoms. The molecule has 1 atom stereocenters. The molecule has 3 rings (SSSR count). The highest BCUT2D eigenvalue weighted by molar-refractivity contribution is 9.10. The van der Waals surface area contributed by atoms with Crippen LogP contribution in [0.1, 0.15) is 30.9 Å². The molecule has 0 saturated heterocycles. The largest absolute Gasteiger partial charge is 0.454 e. The monoisotopic (exact) mass is 460 g/mol. The first-order valence-corrected chi connectivity index (χ1v) is 9.32. The Kier molecular flexibility index (Phi) is 5.63. The van der Waals surface area contributed by atoms with Crippen molar-refractivity contribution < 1.29 is 27.8 Å². The number of hydrogen-bond acceptors (Lipinski definition) is 4. The van der Waals surface area contributed by atoms with Crippen LogP contribution in [0.3, 0.4) is 0 Å². The van der Waals surface area contributed by atoms with Crippen molar-refractivity contribution in [3.63, 3.8) is 0 Å². The third-order valence-corrected chi connectivity index (χ3v) is 5.06. The Labute approximate surface area is 168 Å². The number of halogens is 4. The van der Waals surface area contributed by atoms with Crippen LogP contribution in [0.2, 0.25) is 5.02 Å². The third kappa shape index (κ3) is 4.19. The van der Waals surface area contributed by atoms with Crippen molar-refractivity contribution in [1.82, 2.24) is 0 Å². The van der Waals surface area contributed by atoms with Crippen molar-refractivity contribution in [1.29, 1.82) is 0 Å². The topological polar surface area (TPSA) is 44.8 Å². The van der Waals surface area contributed by atoms with Gasteiger partial charge in [-0.15, -0.1) is 0 Å². The van der Waals surface area contributed by atoms with Crippen LogP contribution in [0.5, 0.6) is 11.5 Å². The molecule has 0 saturated carbocycles. The molecule has 0 amide bonds. The Morgan fingerprint density at radius 2 is 1.78 bits per heavy atom. The van der Waals surface area contributed by atoms with Crippen LogP contribution in [0.4, 0.5) is 8.78 Å². The van der Waals surface area contributed by atoms with E-state index >= 15 is 0 Å². The lowest BCUT2D eigenvalue weighted by atomic mass is 9.88. The van der Waals surface area contributed by atoms with Crippen LogP contribution < -0.4 is 9.47 Å². The lowest BCUT2D eigenvalue weighted by Crippen LogP contribution is -2.29. The molecule has 1 aliphatic heterocycles. The molecule has 1 heterocycles. The molecule has 144 valence electrons. The zero-order valence-electron chi connectivity index (χ0n) is 14.5. The van der Waals surface area contributed by atoms with E-state index in [0.29, 0.717) is 16.3 Å². The van der Waals surface area contributed by atoms with Crippen LogP contribution in [-0.2, 0) is 15.6 Å². The summed E-state index contributed by atoms with van der Waals surface area (Å²) in [5.41, 5.74) is 0.0404. The molecular formula is C19H16BrClF2O4. The van der Waals surface area contributed by atoms with Crippen LogP contribution in [0.15, 0.2) is 40.9 Å². The lowest BCUT2D eigenvalue weighted by molar-refractivity contribution is -0.242. The minimum absolute atomic E-state index is 0.0529. The molecule has 1 unspecified atom stereocenters. The van der Waals surface area contributed by atoms with Crippen molar-refractivity contribution in [3.8, 4) is 11.5 Å². The minimum atomic E-state index is -3.85. The summed E-state index contributed by atoms with van der Waals surface area (Å²) in [6.07, 6.45) is -3.85. The number of alkyl halides is 2. The summed E-state index contributed by atoms with van der Waals surface area (Å²) in [5.74, 6) is -1.63. The highest BCUT2D eigenvalue weighted by Gasteiger charge is 2.42. The SMILES string of the molecule is CC(C)C(C(=O)OC(F)(F)c1cc2c(cc1Br)OCO2)c1ccc(Cl)cc1. The first kappa shape index (κ1) is 19.9. The van der Waals surface area contributed by atoms with E-state index in [-0.39, 0.29) is 22.9 Å². The molecule has 2 aromatic carbocycles. The summed E-state index contributed by atoms with van der Waals surface area (Å²) in [4.78, 5) is 12.6. The van der Waals surface area contributed by atoms with E-state index in [1.54, 1.807) is 38.1 Å². The van der Waals surface area contributed by atoms with E-state index in [1.807, 2.05) is 0 Å². The average Bonchev–Trinajstić information content (AvgIpc) is 3.02. The summed E-state index contributed by atoms with van der Waals surface area (Å²) < 4.78 is 44.5. The van der Waals surface area contributed by atoms with Gasteiger partial charge in [-0.1, -0.05) is 37.6 Å². The fourth-order valence-corrected chi connectivity index (χ4v) is 3.53. The Hall–Kier alpha value is -1.86. The van der Waals surface area contributed by atoms with Crippen molar-refractivity contribution >= 4 is 33.5 Å². The molecule has 27 heavy (non-hydrogen) atoms. The summed E-state index contributed by atoms with van der Waals surface area (Å²) in [5, 5.41) is 0.490. The molecule has 8 heteroatoms. The number of esters is 1. The van der Waals surface area contributed by atoms with Crippen molar-refractivity contribution in [3.05, 3.63) is 57.0 Å². The zero-order valence-corrected chi connectivity index (χ0v) is 16.8. The maximum Gasteiger partial charge on any atom is 0.429 e. The van der Waals surface area contributed by atoms with Crippen LogP contribution in [-0.4, -0.2) is 12.8 Å². The van der Waals surface area contributed by atoms with Crippen molar-refractivity contribution in [2.24, 2.45) is 5.92 Å². The standard InChI is InChI=1S/C19H16BrClF2O4/c1-10(2)17(11-3-5-12(21)6-4-11)18(24)27-19(22,23)13-7-15-16(8-14(13)20)26-9-25-15/h3-8,10,17H,9H2,1-2H3. The Balaban J connectivity index is 1.87. The lowest BCUT2D eigenvalue weighted by Gasteiger charge is -2.24. The number of hydrogen-bond donors (Lipinski definition) is 0. The van der Waals surface area contributed by atoms with Gasteiger partial charge in [-0.05, 0) is 51.7 Å². The molecule has 0 bridgehead atoms. The molecule has 0 aliphatic carbocycles. The predicted molar refractivity (Wildman–Crippen MR) is 99.3 cm³/mol. The summed E-state index contributed by atoms with van der Waals surface area (Å²) >= 11 is 8.94. The van der Waals surface area contributed by atoms with Gasteiger partial charge in [0.05, 0.1) is 11.5 Å². The number of carbonyl (C=O) groups excluding carboxylic acids is 1. The molecule has 0 radical (unpaired) electrons. The predicted octanol–water partition coefficient (Wildman–Crippen LogP) is 5.86. The average molecular weight is 462 g/mol. The van der Waals surface area contributed by atoms with Gasteiger partial charge in [-0.3, -0.25) is 4.79 Å². The van der Waals surface area contributed by atoms with E-state index in [0.717, 1.165) is 6.07 Å². The molecule has 0 N–H and O–H groups in total. The quantitative estimate of drug-likeness (QED) is 0.523. The second-order valence-electron chi connectivity index (χ2n) is 6.40. The smallest absolute Gasteiger partial charge is 0.429 e. The zero-order chi connectivity index (χ0) is 19.8. The van der Waals surface area contributed by atoms with Gasteiger partial charge in [-0.2, -0.15) is 8.78 Å². The molecule has 4 nitrogen and oxygen atoms in total. The second-order valence-corrected chi connectivity index (χ2v) is 7.69. The first-order chi connectivity index (χ1) is 12.7. The maximum absolute atomic E-state index is 14.7. The summed E-state index contributed by atoms with van der Waals surface area (Å²) in [6.45, 7) is 3.47.